The van der Waals surface area contributed by atoms with Crippen molar-refractivity contribution in [1.29, 1.82) is 0 Å². The summed E-state index contributed by atoms with van der Waals surface area (Å²) in [5, 5.41) is 36.8. The molecule has 0 spiro atoms. The molecule has 0 aromatic rings. The SMILES string of the molecule is O[C@@H]1[C@@H](O)[C@H](O)[C@@H]2C[C@@H]2[C@H]1O. The van der Waals surface area contributed by atoms with E-state index in [1.807, 2.05) is 0 Å². The first-order valence-electron chi connectivity index (χ1n) is 3.85. The van der Waals surface area contributed by atoms with Crippen LogP contribution < -0.4 is 0 Å². The van der Waals surface area contributed by atoms with Crippen molar-refractivity contribution in [3.05, 3.63) is 0 Å². The van der Waals surface area contributed by atoms with E-state index in [0.29, 0.717) is 0 Å². The second-order valence-corrected chi connectivity index (χ2v) is 3.53. The van der Waals surface area contributed by atoms with Crippen molar-refractivity contribution >= 4 is 0 Å². The van der Waals surface area contributed by atoms with E-state index >= 15 is 0 Å². The molecule has 0 aromatic heterocycles. The van der Waals surface area contributed by atoms with E-state index in [1.54, 1.807) is 0 Å². The van der Waals surface area contributed by atoms with Gasteiger partial charge in [0, 0.05) is 0 Å². The molecule has 4 heteroatoms. The molecule has 2 saturated carbocycles. The van der Waals surface area contributed by atoms with Gasteiger partial charge in [-0.05, 0) is 18.3 Å². The maximum atomic E-state index is 9.25. The summed E-state index contributed by atoms with van der Waals surface area (Å²) in [7, 11) is 0. The Labute approximate surface area is 64.1 Å². The van der Waals surface area contributed by atoms with E-state index in [4.69, 9.17) is 10.2 Å². The highest BCUT2D eigenvalue weighted by atomic mass is 16.4. The van der Waals surface area contributed by atoms with Crippen LogP contribution in [0, 0.1) is 11.8 Å². The lowest BCUT2D eigenvalue weighted by Gasteiger charge is -2.31. The lowest BCUT2D eigenvalue weighted by atomic mass is 9.90. The van der Waals surface area contributed by atoms with Crippen molar-refractivity contribution in [2.45, 2.75) is 30.8 Å². The van der Waals surface area contributed by atoms with Gasteiger partial charge >= 0.3 is 0 Å². The number of hydrogen-bond acceptors (Lipinski definition) is 4. The molecule has 0 aromatic carbocycles. The van der Waals surface area contributed by atoms with Crippen LogP contribution in [0.25, 0.3) is 0 Å². The van der Waals surface area contributed by atoms with Crippen molar-refractivity contribution in [3.63, 3.8) is 0 Å². The second kappa shape index (κ2) is 2.17. The van der Waals surface area contributed by atoms with Crippen molar-refractivity contribution in [2.24, 2.45) is 11.8 Å². The Balaban J connectivity index is 2.13. The monoisotopic (exact) mass is 160 g/mol. The Morgan fingerprint density at radius 1 is 0.636 bits per heavy atom. The van der Waals surface area contributed by atoms with Gasteiger partial charge in [0.25, 0.3) is 0 Å². The maximum absolute atomic E-state index is 9.25. The average molecular weight is 160 g/mol. The average Bonchev–Trinajstić information content (AvgIpc) is 2.76. The smallest absolute Gasteiger partial charge is 0.109 e. The normalized spacial score (nSPS) is 62.2. The van der Waals surface area contributed by atoms with E-state index in [2.05, 4.69) is 0 Å². The molecule has 0 radical (unpaired) electrons. The zero-order valence-corrected chi connectivity index (χ0v) is 5.96. The Morgan fingerprint density at radius 2 is 1.00 bits per heavy atom. The zero-order chi connectivity index (χ0) is 8.17. The Kier molecular flexibility index (Phi) is 1.47. The molecule has 64 valence electrons. The zero-order valence-electron chi connectivity index (χ0n) is 5.96. The Hall–Kier alpha value is -0.160. The Bertz CT molecular complexity index is 154. The molecule has 0 bridgehead atoms. The predicted molar refractivity (Wildman–Crippen MR) is 35.6 cm³/mol. The summed E-state index contributed by atoms with van der Waals surface area (Å²) < 4.78 is 0. The van der Waals surface area contributed by atoms with Crippen LogP contribution in [0.5, 0.6) is 0 Å². The van der Waals surface area contributed by atoms with Gasteiger partial charge in [-0.25, -0.2) is 0 Å². The topological polar surface area (TPSA) is 80.9 Å². The fourth-order valence-corrected chi connectivity index (χ4v) is 1.93. The van der Waals surface area contributed by atoms with Gasteiger partial charge in [-0.3, -0.25) is 0 Å². The standard InChI is InChI=1S/C7H12O4/c8-4-2-1-3(2)5(9)7(11)6(4)10/h2-11H,1H2/t2-,3+,4-,5-,6+,7+/m1/s1. The van der Waals surface area contributed by atoms with Crippen LogP contribution in [-0.2, 0) is 0 Å². The van der Waals surface area contributed by atoms with Crippen LogP contribution in [0.3, 0.4) is 0 Å². The molecule has 0 saturated heterocycles. The summed E-state index contributed by atoms with van der Waals surface area (Å²) in [6, 6.07) is 0. The first-order chi connectivity index (χ1) is 5.13. The van der Waals surface area contributed by atoms with E-state index in [0.717, 1.165) is 6.42 Å². The van der Waals surface area contributed by atoms with Crippen LogP contribution in [0.4, 0.5) is 0 Å². The Morgan fingerprint density at radius 3 is 1.36 bits per heavy atom. The number of aliphatic hydroxyl groups excluding tert-OH is 4. The predicted octanol–water partition coefficient (Wildman–Crippen LogP) is -1.92. The summed E-state index contributed by atoms with van der Waals surface area (Å²) in [4.78, 5) is 0. The first-order valence-corrected chi connectivity index (χ1v) is 3.85. The minimum atomic E-state index is -1.17. The molecule has 6 atom stereocenters. The highest BCUT2D eigenvalue weighted by molar-refractivity contribution is 5.07. The molecule has 2 aliphatic rings. The summed E-state index contributed by atoms with van der Waals surface area (Å²) in [6.45, 7) is 0. The van der Waals surface area contributed by atoms with Gasteiger partial charge in [-0.2, -0.15) is 0 Å². The van der Waals surface area contributed by atoms with Crippen LogP contribution in [-0.4, -0.2) is 44.8 Å². The summed E-state index contributed by atoms with van der Waals surface area (Å²) in [5.41, 5.74) is 0. The van der Waals surface area contributed by atoms with Gasteiger partial charge < -0.3 is 20.4 Å². The van der Waals surface area contributed by atoms with Crippen LogP contribution in [0.2, 0.25) is 0 Å². The van der Waals surface area contributed by atoms with Crippen molar-refractivity contribution in [3.8, 4) is 0 Å². The molecule has 0 heterocycles. The fourth-order valence-electron chi connectivity index (χ4n) is 1.93. The van der Waals surface area contributed by atoms with Crippen LogP contribution >= 0.6 is 0 Å². The molecule has 2 rings (SSSR count). The summed E-state index contributed by atoms with van der Waals surface area (Å²) >= 11 is 0. The molecule has 0 unspecified atom stereocenters. The van der Waals surface area contributed by atoms with E-state index in [9.17, 15) is 10.2 Å². The van der Waals surface area contributed by atoms with E-state index in [1.165, 1.54) is 0 Å². The van der Waals surface area contributed by atoms with Gasteiger partial charge in [0.2, 0.25) is 0 Å². The molecule has 4 N–H and O–H groups in total. The maximum Gasteiger partial charge on any atom is 0.109 e. The van der Waals surface area contributed by atoms with Gasteiger partial charge in [0.1, 0.15) is 12.2 Å². The van der Waals surface area contributed by atoms with Crippen molar-refractivity contribution in [1.82, 2.24) is 0 Å². The minimum Gasteiger partial charge on any atom is -0.390 e. The fraction of sp³-hybridized carbons (Fsp3) is 1.00. The minimum absolute atomic E-state index is 0.00315. The number of fused-ring (bicyclic) bond motifs is 1. The lowest BCUT2D eigenvalue weighted by molar-refractivity contribution is -0.139. The molecular formula is C7H12O4. The summed E-state index contributed by atoms with van der Waals surface area (Å²) in [6.07, 6.45) is -3.32. The molecule has 0 amide bonds. The molecule has 11 heavy (non-hydrogen) atoms. The third-order valence-corrected chi connectivity index (χ3v) is 2.82. The lowest BCUT2D eigenvalue weighted by Crippen LogP contribution is -2.50. The largest absolute Gasteiger partial charge is 0.390 e. The summed E-state index contributed by atoms with van der Waals surface area (Å²) in [5.74, 6) is 0.00630. The third-order valence-electron chi connectivity index (χ3n) is 2.82. The molecule has 2 aliphatic carbocycles. The van der Waals surface area contributed by atoms with E-state index < -0.39 is 24.4 Å². The molecular weight excluding hydrogens is 148 g/mol. The van der Waals surface area contributed by atoms with Crippen LogP contribution in [0.15, 0.2) is 0 Å². The van der Waals surface area contributed by atoms with Crippen molar-refractivity contribution < 1.29 is 20.4 Å². The second-order valence-electron chi connectivity index (χ2n) is 3.53. The van der Waals surface area contributed by atoms with Gasteiger partial charge in [-0.15, -0.1) is 0 Å². The van der Waals surface area contributed by atoms with E-state index in [-0.39, 0.29) is 11.8 Å². The number of hydrogen-bond donors (Lipinski definition) is 4. The van der Waals surface area contributed by atoms with Gasteiger partial charge in [-0.1, -0.05) is 0 Å². The number of aliphatic hydroxyl groups is 4. The first kappa shape index (κ1) is 7.49. The molecule has 2 fully saturated rings. The van der Waals surface area contributed by atoms with Gasteiger partial charge in [0.05, 0.1) is 12.2 Å². The highest BCUT2D eigenvalue weighted by Crippen LogP contribution is 2.49. The number of rotatable bonds is 0. The van der Waals surface area contributed by atoms with Gasteiger partial charge in [0.15, 0.2) is 0 Å². The van der Waals surface area contributed by atoms with Crippen molar-refractivity contribution in [2.75, 3.05) is 0 Å². The highest BCUT2D eigenvalue weighted by Gasteiger charge is 2.57. The quantitative estimate of drug-likeness (QED) is 0.333. The van der Waals surface area contributed by atoms with Crippen LogP contribution in [0.1, 0.15) is 6.42 Å². The molecule has 4 nitrogen and oxygen atoms in total. The molecule has 0 aliphatic heterocycles. The third kappa shape index (κ3) is 0.906.